The van der Waals surface area contributed by atoms with E-state index in [1.165, 1.54) is 44.9 Å². The van der Waals surface area contributed by atoms with Crippen LogP contribution in [0, 0.1) is 0 Å². The van der Waals surface area contributed by atoms with Crippen molar-refractivity contribution in [2.45, 2.75) is 88.4 Å². The summed E-state index contributed by atoms with van der Waals surface area (Å²) in [5.41, 5.74) is 5.79. The van der Waals surface area contributed by atoms with Crippen LogP contribution >= 0.6 is 15.8 Å². The van der Waals surface area contributed by atoms with E-state index in [1.807, 2.05) is 0 Å². The molecule has 0 nitrogen and oxygen atoms in total. The minimum Gasteiger partial charge on any atom is -0.100 e. The van der Waals surface area contributed by atoms with E-state index in [0.717, 1.165) is 22.6 Å². The molecule has 2 saturated heterocycles. The molecule has 2 heterocycles. The van der Waals surface area contributed by atoms with Gasteiger partial charge in [-0.05, 0) is 79.8 Å². The first-order chi connectivity index (χ1) is 11.8. The molecule has 2 aliphatic rings. The Morgan fingerprint density at radius 3 is 1.79 bits per heavy atom. The van der Waals surface area contributed by atoms with Crippen molar-refractivity contribution in [3.8, 4) is 0 Å². The second-order valence-corrected chi connectivity index (χ2v) is 13.5. The first-order valence-electron chi connectivity index (χ1n) is 10.3. The predicted octanol–water partition coefficient (Wildman–Crippen LogP) is 7.61. The summed E-state index contributed by atoms with van der Waals surface area (Å²) >= 11 is 0. The Labute approximate surface area is 152 Å². The highest BCUT2D eigenvalue weighted by Crippen LogP contribution is 2.67. The fraction of sp³-hybridized carbons (Fsp3) is 0.727. The average molecular weight is 362 g/mol. The van der Waals surface area contributed by atoms with Crippen molar-refractivity contribution >= 4 is 15.8 Å². The van der Waals surface area contributed by atoms with Gasteiger partial charge in [-0.1, -0.05) is 59.0 Å². The first-order valence-corrected chi connectivity index (χ1v) is 13.7. The molecular formula is C22H36P2. The maximum atomic E-state index is 2.45. The van der Waals surface area contributed by atoms with E-state index in [2.05, 4.69) is 51.1 Å². The highest BCUT2D eigenvalue weighted by molar-refractivity contribution is 7.63. The Kier molecular flexibility index (Phi) is 7.18. The highest BCUT2D eigenvalue weighted by atomic mass is 31.1. The standard InChI is InChI=1S/C22H36P2/c1-4-19-12-13-20(5-2)23(19)16-17-24-21(6-3)14-15-22(24)18-10-8-7-9-11-18/h7-11,19-22H,4-6,12-17H2,1-3H3/t19-,20-,21-,22+,24?/m1/s1. The van der Waals surface area contributed by atoms with E-state index in [4.69, 9.17) is 0 Å². The Morgan fingerprint density at radius 2 is 1.21 bits per heavy atom. The molecule has 2 fully saturated rings. The van der Waals surface area contributed by atoms with Gasteiger partial charge in [-0.2, -0.15) is 0 Å². The Balaban J connectivity index is 1.68. The molecule has 1 aromatic rings. The van der Waals surface area contributed by atoms with Gasteiger partial charge in [0.25, 0.3) is 0 Å². The molecule has 0 radical (unpaired) electrons. The quantitative estimate of drug-likeness (QED) is 0.438. The summed E-state index contributed by atoms with van der Waals surface area (Å²) in [5, 5.41) is 0. The van der Waals surface area contributed by atoms with Gasteiger partial charge in [-0.15, -0.1) is 7.92 Å². The third kappa shape index (κ3) is 4.07. The smallest absolute Gasteiger partial charge is 0.00446 e. The van der Waals surface area contributed by atoms with Crippen molar-refractivity contribution in [3.05, 3.63) is 35.9 Å². The van der Waals surface area contributed by atoms with Crippen LogP contribution in [0.15, 0.2) is 30.3 Å². The molecule has 2 heteroatoms. The number of hydrogen-bond donors (Lipinski definition) is 0. The van der Waals surface area contributed by atoms with E-state index in [-0.39, 0.29) is 7.92 Å². The van der Waals surface area contributed by atoms with Crippen molar-refractivity contribution in [3.63, 3.8) is 0 Å². The molecule has 3 rings (SSSR count). The van der Waals surface area contributed by atoms with Crippen molar-refractivity contribution in [2.24, 2.45) is 0 Å². The molecule has 0 aliphatic carbocycles. The minimum absolute atomic E-state index is 0.204. The maximum absolute atomic E-state index is 2.45. The summed E-state index contributed by atoms with van der Waals surface area (Å²) in [6.45, 7) is 7.33. The Bertz CT molecular complexity index is 474. The van der Waals surface area contributed by atoms with E-state index in [1.54, 1.807) is 17.9 Å². The first kappa shape index (κ1) is 18.9. The fourth-order valence-corrected chi connectivity index (χ4v) is 13.5. The largest absolute Gasteiger partial charge is 0.100 e. The van der Waals surface area contributed by atoms with Crippen LogP contribution in [0.5, 0.6) is 0 Å². The van der Waals surface area contributed by atoms with E-state index in [9.17, 15) is 0 Å². The number of benzene rings is 1. The van der Waals surface area contributed by atoms with Crippen molar-refractivity contribution < 1.29 is 0 Å². The molecule has 0 spiro atoms. The molecule has 0 saturated carbocycles. The van der Waals surface area contributed by atoms with Gasteiger partial charge in [0.2, 0.25) is 0 Å². The van der Waals surface area contributed by atoms with Gasteiger partial charge in [-0.25, -0.2) is 0 Å². The molecule has 2 aliphatic heterocycles. The van der Waals surface area contributed by atoms with Gasteiger partial charge in [0.15, 0.2) is 0 Å². The lowest BCUT2D eigenvalue weighted by Gasteiger charge is -2.30. The van der Waals surface area contributed by atoms with Crippen LogP contribution in [0.25, 0.3) is 0 Å². The monoisotopic (exact) mass is 362 g/mol. The van der Waals surface area contributed by atoms with Gasteiger partial charge < -0.3 is 0 Å². The summed E-state index contributed by atoms with van der Waals surface area (Å²) in [5.74, 6) is 0. The zero-order valence-corrected chi connectivity index (χ0v) is 17.7. The summed E-state index contributed by atoms with van der Waals surface area (Å²) in [7, 11) is 0.519. The third-order valence-electron chi connectivity index (χ3n) is 6.63. The average Bonchev–Trinajstić information content (AvgIpc) is 3.23. The van der Waals surface area contributed by atoms with Crippen LogP contribution in [-0.4, -0.2) is 29.3 Å². The van der Waals surface area contributed by atoms with Gasteiger partial charge in [-0.3, -0.25) is 0 Å². The number of rotatable bonds is 7. The van der Waals surface area contributed by atoms with Gasteiger partial charge >= 0.3 is 0 Å². The van der Waals surface area contributed by atoms with E-state index < -0.39 is 0 Å². The predicted molar refractivity (Wildman–Crippen MR) is 113 cm³/mol. The van der Waals surface area contributed by atoms with Crippen LogP contribution in [0.2, 0.25) is 0 Å². The van der Waals surface area contributed by atoms with Crippen LogP contribution < -0.4 is 0 Å². The van der Waals surface area contributed by atoms with Crippen molar-refractivity contribution in [2.75, 3.05) is 12.3 Å². The third-order valence-corrected chi connectivity index (χ3v) is 14.5. The Morgan fingerprint density at radius 1 is 0.708 bits per heavy atom. The summed E-state index contributed by atoms with van der Waals surface area (Å²) in [6.07, 6.45) is 13.5. The van der Waals surface area contributed by atoms with Gasteiger partial charge in [0.1, 0.15) is 0 Å². The van der Waals surface area contributed by atoms with Crippen molar-refractivity contribution in [1.29, 1.82) is 0 Å². The maximum Gasteiger partial charge on any atom is 0.00446 e. The molecule has 0 aromatic heterocycles. The van der Waals surface area contributed by atoms with Crippen molar-refractivity contribution in [1.82, 2.24) is 0 Å². The van der Waals surface area contributed by atoms with Gasteiger partial charge in [0.05, 0.1) is 0 Å². The normalized spacial score (nSPS) is 34.0. The molecule has 1 unspecified atom stereocenters. The zero-order valence-electron chi connectivity index (χ0n) is 16.0. The molecule has 24 heavy (non-hydrogen) atoms. The summed E-state index contributed by atoms with van der Waals surface area (Å²) in [4.78, 5) is 0. The molecule has 0 N–H and O–H groups in total. The SMILES string of the molecule is CC[C@@H]1CC[C@@H](CC)P1CCP1[C@H](CC)CC[C@H]1c1ccccc1. The topological polar surface area (TPSA) is 0 Å². The minimum atomic E-state index is 0.204. The molecule has 134 valence electrons. The van der Waals surface area contributed by atoms with Crippen LogP contribution in [-0.2, 0) is 0 Å². The lowest BCUT2D eigenvalue weighted by atomic mass is 10.1. The van der Waals surface area contributed by atoms with E-state index in [0.29, 0.717) is 7.92 Å². The fourth-order valence-electron chi connectivity index (χ4n) is 5.23. The van der Waals surface area contributed by atoms with Crippen LogP contribution in [0.4, 0.5) is 0 Å². The summed E-state index contributed by atoms with van der Waals surface area (Å²) in [6, 6.07) is 11.5. The zero-order chi connectivity index (χ0) is 16.9. The number of hydrogen-bond acceptors (Lipinski definition) is 0. The second kappa shape index (κ2) is 9.14. The van der Waals surface area contributed by atoms with Crippen LogP contribution in [0.1, 0.15) is 76.9 Å². The van der Waals surface area contributed by atoms with E-state index >= 15 is 0 Å². The Hall–Kier alpha value is 0.0800. The highest BCUT2D eigenvalue weighted by Gasteiger charge is 2.38. The molecule has 1 aromatic carbocycles. The lowest BCUT2D eigenvalue weighted by Crippen LogP contribution is -2.10. The molecule has 0 bridgehead atoms. The second-order valence-electron chi connectivity index (χ2n) is 7.74. The van der Waals surface area contributed by atoms with Crippen LogP contribution in [0.3, 0.4) is 0 Å². The summed E-state index contributed by atoms with van der Waals surface area (Å²) < 4.78 is 0. The lowest BCUT2D eigenvalue weighted by molar-refractivity contribution is 0.696. The molecular weight excluding hydrogens is 326 g/mol. The molecule has 5 atom stereocenters. The molecule has 0 amide bonds. The van der Waals surface area contributed by atoms with Gasteiger partial charge in [0, 0.05) is 5.66 Å².